The number of aliphatic hydroxyl groups is 1. The van der Waals surface area contributed by atoms with Crippen molar-refractivity contribution < 1.29 is 28.9 Å². The summed E-state index contributed by atoms with van der Waals surface area (Å²) in [7, 11) is 1.32. The molecule has 9 heteroatoms. The van der Waals surface area contributed by atoms with Crippen LogP contribution in [0.4, 0.5) is 4.79 Å². The van der Waals surface area contributed by atoms with Crippen molar-refractivity contribution in [3.05, 3.63) is 131 Å². The lowest BCUT2D eigenvalue weighted by Crippen LogP contribution is -2.47. The Bertz CT molecular complexity index is 1710. The number of hydrogen-bond acceptors (Lipinski definition) is 7. The predicted octanol–water partition coefficient (Wildman–Crippen LogP) is 6.71. The highest BCUT2D eigenvalue weighted by Crippen LogP contribution is 2.42. The number of nitrogens with one attached hydrogen (secondary N) is 2. The van der Waals surface area contributed by atoms with Gasteiger partial charge in [-0.3, -0.25) is 0 Å². The molecule has 2 amide bonds. The Hall–Kier alpha value is -4.54. The van der Waals surface area contributed by atoms with Crippen molar-refractivity contribution >= 4 is 12.0 Å². The summed E-state index contributed by atoms with van der Waals surface area (Å²) < 4.78 is 18.3. The van der Waals surface area contributed by atoms with Crippen LogP contribution in [-0.2, 0) is 38.6 Å². The quantitative estimate of drug-likeness (QED) is 0.142. The van der Waals surface area contributed by atoms with Crippen LogP contribution in [0.3, 0.4) is 0 Å². The van der Waals surface area contributed by atoms with Gasteiger partial charge in [0, 0.05) is 31.0 Å². The number of methoxy groups -OCH3 is 1. The third-order valence-electron chi connectivity index (χ3n) is 9.98. The summed E-state index contributed by atoms with van der Waals surface area (Å²) in [5.41, 5.74) is 6.82. The van der Waals surface area contributed by atoms with Gasteiger partial charge in [-0.2, -0.15) is 0 Å². The first-order valence-corrected chi connectivity index (χ1v) is 18.0. The molecule has 5 atom stereocenters. The van der Waals surface area contributed by atoms with E-state index in [1.54, 1.807) is 0 Å². The molecule has 0 unspecified atom stereocenters. The predicted molar refractivity (Wildman–Crippen MR) is 196 cm³/mol. The van der Waals surface area contributed by atoms with Gasteiger partial charge >= 0.3 is 12.0 Å². The number of urea groups is 1. The molecule has 2 aliphatic heterocycles. The average Bonchev–Trinajstić information content (AvgIpc) is 3.18. The normalized spacial score (nSPS) is 21.4. The van der Waals surface area contributed by atoms with Crippen LogP contribution in [0.15, 0.2) is 103 Å². The van der Waals surface area contributed by atoms with Crippen molar-refractivity contribution in [3.63, 3.8) is 0 Å². The molecule has 0 aliphatic carbocycles. The fraction of sp³-hybridized carbons (Fsp3) is 0.381. The minimum Gasteiger partial charge on any atom is -0.467 e. The van der Waals surface area contributed by atoms with E-state index in [1.165, 1.54) is 26.4 Å². The first-order valence-electron chi connectivity index (χ1n) is 18.0. The molecule has 0 saturated carbocycles. The van der Waals surface area contributed by atoms with Crippen LogP contribution in [0, 0.1) is 5.92 Å². The second kappa shape index (κ2) is 17.6. The lowest BCUT2D eigenvalue weighted by molar-refractivity contribution is -0.276. The maximum atomic E-state index is 12.8. The van der Waals surface area contributed by atoms with Crippen LogP contribution in [0.5, 0.6) is 0 Å². The fourth-order valence-corrected chi connectivity index (χ4v) is 7.00. The number of carbonyl (C=O) groups is 2. The van der Waals surface area contributed by atoms with Crippen molar-refractivity contribution in [2.45, 2.75) is 70.3 Å². The van der Waals surface area contributed by atoms with Gasteiger partial charge in [-0.25, -0.2) is 9.59 Å². The largest absolute Gasteiger partial charge is 0.467 e. The highest BCUT2D eigenvalue weighted by atomic mass is 16.7. The Labute approximate surface area is 300 Å². The van der Waals surface area contributed by atoms with Gasteiger partial charge in [0.1, 0.15) is 6.04 Å². The molecule has 0 radical (unpaired) electrons. The molecule has 0 aromatic heterocycles. The molecule has 268 valence electrons. The van der Waals surface area contributed by atoms with Gasteiger partial charge in [-0.05, 0) is 65.4 Å². The van der Waals surface area contributed by atoms with Gasteiger partial charge in [-0.15, -0.1) is 0 Å². The number of nitrogens with zero attached hydrogens (tertiary/aromatic N) is 1. The second-order valence-corrected chi connectivity index (χ2v) is 13.6. The molecule has 0 bridgehead atoms. The van der Waals surface area contributed by atoms with E-state index in [1.807, 2.05) is 66.7 Å². The molecule has 3 N–H and O–H groups in total. The lowest BCUT2D eigenvalue weighted by Gasteiger charge is -2.43. The Morgan fingerprint density at radius 2 is 1.53 bits per heavy atom. The lowest BCUT2D eigenvalue weighted by atomic mass is 9.89. The molecule has 9 nitrogen and oxygen atoms in total. The van der Waals surface area contributed by atoms with E-state index in [2.05, 4.69) is 58.9 Å². The minimum atomic E-state index is -0.801. The number of piperidine rings is 1. The number of hydrogen-bond donors (Lipinski definition) is 3. The number of aliphatic hydroxyl groups excluding tert-OH is 1. The van der Waals surface area contributed by atoms with E-state index < -0.39 is 24.3 Å². The Morgan fingerprint density at radius 3 is 2.24 bits per heavy atom. The molecular weight excluding hydrogens is 642 g/mol. The van der Waals surface area contributed by atoms with E-state index in [0.717, 1.165) is 58.6 Å². The van der Waals surface area contributed by atoms with Crippen LogP contribution in [0.25, 0.3) is 11.1 Å². The Balaban J connectivity index is 1.11. The summed E-state index contributed by atoms with van der Waals surface area (Å²) in [5.74, 6) is -0.348. The topological polar surface area (TPSA) is 109 Å². The molecular formula is C42H49N3O6. The maximum absolute atomic E-state index is 12.8. The van der Waals surface area contributed by atoms with Crippen molar-refractivity contribution in [2.24, 2.45) is 5.92 Å². The number of esters is 1. The smallest absolute Gasteiger partial charge is 0.328 e. The highest BCUT2D eigenvalue weighted by molar-refractivity contribution is 5.83. The summed E-state index contributed by atoms with van der Waals surface area (Å²) in [6, 6.07) is 32.6. The highest BCUT2D eigenvalue weighted by Gasteiger charge is 2.39. The monoisotopic (exact) mass is 691 g/mol. The third kappa shape index (κ3) is 9.62. The zero-order valence-electron chi connectivity index (χ0n) is 29.5. The van der Waals surface area contributed by atoms with E-state index in [4.69, 9.17) is 14.2 Å². The molecule has 2 aliphatic rings. The molecule has 2 fully saturated rings. The number of rotatable bonds is 12. The van der Waals surface area contributed by atoms with Gasteiger partial charge in [0.25, 0.3) is 0 Å². The summed E-state index contributed by atoms with van der Waals surface area (Å²) in [4.78, 5) is 27.7. The van der Waals surface area contributed by atoms with Gasteiger partial charge in [0.2, 0.25) is 0 Å². The van der Waals surface area contributed by atoms with Gasteiger partial charge < -0.3 is 34.9 Å². The molecule has 0 spiro atoms. The van der Waals surface area contributed by atoms with Crippen LogP contribution in [-0.4, -0.2) is 60.9 Å². The molecule has 6 rings (SSSR count). The molecule has 4 aromatic carbocycles. The SMILES string of the molecule is COC(=O)[C@H](Cc1ccccc1)NC(=O)NCc1cccc(-c2ccc([C@H]3O[C@@H](CN4CCCCC4)[C@@H](C)[C@@H](c4ccc(CO)cc4)O3)cc2)c1. The molecule has 2 saturated heterocycles. The summed E-state index contributed by atoms with van der Waals surface area (Å²) in [6.07, 6.45) is 3.42. The minimum absolute atomic E-state index is 0.00617. The van der Waals surface area contributed by atoms with Crippen molar-refractivity contribution in [3.8, 4) is 11.1 Å². The number of likely N-dealkylation sites (tertiary alicyclic amines) is 1. The zero-order valence-corrected chi connectivity index (χ0v) is 29.5. The second-order valence-electron chi connectivity index (χ2n) is 13.6. The number of amides is 2. The van der Waals surface area contributed by atoms with E-state index in [0.29, 0.717) is 6.42 Å². The van der Waals surface area contributed by atoms with Gasteiger partial charge in [-0.1, -0.05) is 110 Å². The maximum Gasteiger partial charge on any atom is 0.328 e. The Morgan fingerprint density at radius 1 is 0.824 bits per heavy atom. The summed E-state index contributed by atoms with van der Waals surface area (Å²) in [5, 5.41) is 15.2. The number of carbonyl (C=O) groups excluding carboxylic acids is 2. The number of benzene rings is 4. The molecule has 4 aromatic rings. The average molecular weight is 692 g/mol. The zero-order chi connectivity index (χ0) is 35.6. The van der Waals surface area contributed by atoms with Gasteiger partial charge in [0.05, 0.1) is 25.9 Å². The summed E-state index contributed by atoms with van der Waals surface area (Å²) >= 11 is 0. The van der Waals surface area contributed by atoms with Crippen LogP contribution in [0.1, 0.15) is 66.4 Å². The van der Waals surface area contributed by atoms with E-state index in [9.17, 15) is 14.7 Å². The molecule has 2 heterocycles. The summed E-state index contributed by atoms with van der Waals surface area (Å²) in [6.45, 7) is 5.59. The standard InChI is InChI=1S/C42H49N3O6/c1-29-38(27-45-22-7-4-8-23-45)50-41(51-39(29)34-16-14-31(28-46)15-17-34)35-20-18-33(19-21-35)36-13-9-12-32(24-36)26-43-42(48)44-37(40(47)49-2)25-30-10-5-3-6-11-30/h3,5-6,9-21,24,29,37-39,41,46H,4,7-8,22-23,25-28H2,1-2H3,(H2,43,44,48)/t29-,37+,38+,39+,41+/m1/s1. The van der Waals surface area contributed by atoms with Crippen LogP contribution in [0.2, 0.25) is 0 Å². The van der Waals surface area contributed by atoms with E-state index >= 15 is 0 Å². The first-order chi connectivity index (χ1) is 24.9. The van der Waals surface area contributed by atoms with E-state index in [-0.39, 0.29) is 31.3 Å². The van der Waals surface area contributed by atoms with Crippen molar-refractivity contribution in [2.75, 3.05) is 26.7 Å². The first kappa shape index (κ1) is 36.3. The van der Waals surface area contributed by atoms with Crippen molar-refractivity contribution in [1.29, 1.82) is 0 Å². The third-order valence-corrected chi connectivity index (χ3v) is 9.98. The Kier molecular flexibility index (Phi) is 12.5. The van der Waals surface area contributed by atoms with Crippen LogP contribution >= 0.6 is 0 Å². The van der Waals surface area contributed by atoms with Gasteiger partial charge in [0.15, 0.2) is 6.29 Å². The van der Waals surface area contributed by atoms with Crippen LogP contribution < -0.4 is 10.6 Å². The number of ether oxygens (including phenoxy) is 3. The molecule has 51 heavy (non-hydrogen) atoms. The fourth-order valence-electron chi connectivity index (χ4n) is 7.00. The van der Waals surface area contributed by atoms with Crippen molar-refractivity contribution in [1.82, 2.24) is 15.5 Å².